The van der Waals surface area contributed by atoms with Crippen LogP contribution in [0.1, 0.15) is 32.8 Å². The SMILES string of the molecule is CC(C)(C)CNC(=O)NCCCc1cccc(O)c1. The third kappa shape index (κ3) is 7.34. The fourth-order valence-electron chi connectivity index (χ4n) is 1.61. The van der Waals surface area contributed by atoms with Gasteiger partial charge in [0.05, 0.1) is 0 Å². The van der Waals surface area contributed by atoms with Gasteiger partial charge in [0.1, 0.15) is 5.75 Å². The third-order valence-corrected chi connectivity index (χ3v) is 2.62. The van der Waals surface area contributed by atoms with Gasteiger partial charge in [0, 0.05) is 13.1 Å². The average molecular weight is 264 g/mol. The van der Waals surface area contributed by atoms with Gasteiger partial charge in [-0.05, 0) is 36.0 Å². The summed E-state index contributed by atoms with van der Waals surface area (Å²) in [5.41, 5.74) is 1.18. The molecule has 0 aliphatic heterocycles. The lowest BCUT2D eigenvalue weighted by molar-refractivity contribution is 0.235. The van der Waals surface area contributed by atoms with Gasteiger partial charge in [0.25, 0.3) is 0 Å². The molecule has 0 radical (unpaired) electrons. The molecule has 0 aliphatic carbocycles. The molecular formula is C15H24N2O2. The first-order chi connectivity index (χ1) is 8.87. The first kappa shape index (κ1) is 15.3. The molecule has 2 amide bonds. The van der Waals surface area contributed by atoms with Crippen molar-refractivity contribution in [3.63, 3.8) is 0 Å². The standard InChI is InChI=1S/C15H24N2O2/c1-15(2,3)11-17-14(19)16-9-5-7-12-6-4-8-13(18)10-12/h4,6,8,10,18H,5,7,9,11H2,1-3H3,(H2,16,17,19). The quantitative estimate of drug-likeness (QED) is 0.716. The van der Waals surface area contributed by atoms with Crippen molar-refractivity contribution in [2.45, 2.75) is 33.6 Å². The van der Waals surface area contributed by atoms with E-state index >= 15 is 0 Å². The monoisotopic (exact) mass is 264 g/mol. The molecule has 1 aromatic carbocycles. The van der Waals surface area contributed by atoms with Crippen molar-refractivity contribution in [3.05, 3.63) is 29.8 Å². The average Bonchev–Trinajstić information content (AvgIpc) is 2.31. The summed E-state index contributed by atoms with van der Waals surface area (Å²) in [6.07, 6.45) is 1.69. The van der Waals surface area contributed by atoms with Crippen LogP contribution in [-0.4, -0.2) is 24.2 Å². The van der Waals surface area contributed by atoms with Crippen molar-refractivity contribution >= 4 is 6.03 Å². The first-order valence-electron chi connectivity index (χ1n) is 6.66. The Balaban J connectivity index is 2.15. The molecule has 1 rings (SSSR count). The van der Waals surface area contributed by atoms with Gasteiger partial charge in [-0.3, -0.25) is 0 Å². The zero-order valence-electron chi connectivity index (χ0n) is 12.0. The molecule has 0 spiro atoms. The second-order valence-electron chi connectivity index (χ2n) is 5.94. The van der Waals surface area contributed by atoms with Crippen LogP contribution in [0.4, 0.5) is 4.79 Å². The highest BCUT2D eigenvalue weighted by atomic mass is 16.3. The van der Waals surface area contributed by atoms with E-state index in [2.05, 4.69) is 31.4 Å². The summed E-state index contributed by atoms with van der Waals surface area (Å²) >= 11 is 0. The minimum atomic E-state index is -0.120. The second kappa shape index (κ2) is 7.02. The van der Waals surface area contributed by atoms with E-state index in [1.807, 2.05) is 12.1 Å². The molecule has 4 nitrogen and oxygen atoms in total. The fraction of sp³-hybridized carbons (Fsp3) is 0.533. The third-order valence-electron chi connectivity index (χ3n) is 2.62. The zero-order chi connectivity index (χ0) is 14.3. The number of carbonyl (C=O) groups is 1. The van der Waals surface area contributed by atoms with E-state index in [-0.39, 0.29) is 17.2 Å². The zero-order valence-corrected chi connectivity index (χ0v) is 12.0. The van der Waals surface area contributed by atoms with Crippen LogP contribution in [0.25, 0.3) is 0 Å². The molecule has 0 atom stereocenters. The normalized spacial score (nSPS) is 11.1. The summed E-state index contributed by atoms with van der Waals surface area (Å²) < 4.78 is 0. The maximum atomic E-state index is 11.5. The molecule has 0 heterocycles. The smallest absolute Gasteiger partial charge is 0.314 e. The summed E-state index contributed by atoms with van der Waals surface area (Å²) in [5.74, 6) is 0.286. The van der Waals surface area contributed by atoms with Gasteiger partial charge < -0.3 is 15.7 Å². The van der Waals surface area contributed by atoms with E-state index in [4.69, 9.17) is 0 Å². The predicted octanol–water partition coefficient (Wildman–Crippen LogP) is 2.67. The summed E-state index contributed by atoms with van der Waals surface area (Å²) in [7, 11) is 0. The number of hydrogen-bond donors (Lipinski definition) is 3. The maximum Gasteiger partial charge on any atom is 0.314 e. The van der Waals surface area contributed by atoms with E-state index in [1.165, 1.54) is 0 Å². The maximum absolute atomic E-state index is 11.5. The Morgan fingerprint density at radius 1 is 1.26 bits per heavy atom. The van der Waals surface area contributed by atoms with E-state index in [9.17, 15) is 9.90 Å². The number of aromatic hydroxyl groups is 1. The van der Waals surface area contributed by atoms with Gasteiger partial charge in [0.2, 0.25) is 0 Å². The van der Waals surface area contributed by atoms with Crippen LogP contribution in [-0.2, 0) is 6.42 Å². The fourth-order valence-corrected chi connectivity index (χ4v) is 1.61. The lowest BCUT2D eigenvalue weighted by atomic mass is 9.97. The van der Waals surface area contributed by atoms with Gasteiger partial charge in [-0.1, -0.05) is 32.9 Å². The Hall–Kier alpha value is -1.71. The molecular weight excluding hydrogens is 240 g/mol. The van der Waals surface area contributed by atoms with E-state index in [0.717, 1.165) is 18.4 Å². The Morgan fingerprint density at radius 2 is 2.00 bits per heavy atom. The van der Waals surface area contributed by atoms with Crippen molar-refractivity contribution in [2.75, 3.05) is 13.1 Å². The molecule has 0 fully saturated rings. The molecule has 0 aromatic heterocycles. The molecule has 19 heavy (non-hydrogen) atoms. The number of rotatable bonds is 5. The highest BCUT2D eigenvalue weighted by Gasteiger charge is 2.11. The molecule has 4 heteroatoms. The number of benzene rings is 1. The number of amides is 2. The predicted molar refractivity (Wildman–Crippen MR) is 77.3 cm³/mol. The van der Waals surface area contributed by atoms with Gasteiger partial charge in [-0.25, -0.2) is 4.79 Å². The number of carbonyl (C=O) groups excluding carboxylic acids is 1. The minimum Gasteiger partial charge on any atom is -0.508 e. The van der Waals surface area contributed by atoms with Crippen molar-refractivity contribution in [1.82, 2.24) is 10.6 Å². The van der Waals surface area contributed by atoms with E-state index < -0.39 is 0 Å². The highest BCUT2D eigenvalue weighted by Crippen LogP contribution is 2.12. The van der Waals surface area contributed by atoms with E-state index in [0.29, 0.717) is 13.1 Å². The molecule has 0 saturated carbocycles. The molecule has 0 aliphatic rings. The molecule has 3 N–H and O–H groups in total. The van der Waals surface area contributed by atoms with Crippen molar-refractivity contribution < 1.29 is 9.90 Å². The Morgan fingerprint density at radius 3 is 2.63 bits per heavy atom. The van der Waals surface area contributed by atoms with Gasteiger partial charge in [-0.2, -0.15) is 0 Å². The Labute approximate surface area is 115 Å². The molecule has 0 bridgehead atoms. The van der Waals surface area contributed by atoms with Crippen LogP contribution in [0.5, 0.6) is 5.75 Å². The van der Waals surface area contributed by atoms with Crippen LogP contribution in [0.15, 0.2) is 24.3 Å². The molecule has 1 aromatic rings. The van der Waals surface area contributed by atoms with Gasteiger partial charge in [0.15, 0.2) is 0 Å². The molecule has 106 valence electrons. The topological polar surface area (TPSA) is 61.4 Å². The second-order valence-corrected chi connectivity index (χ2v) is 5.94. The summed E-state index contributed by atoms with van der Waals surface area (Å²) in [4.78, 5) is 11.5. The van der Waals surface area contributed by atoms with Crippen molar-refractivity contribution in [1.29, 1.82) is 0 Å². The van der Waals surface area contributed by atoms with Crippen LogP contribution in [0.3, 0.4) is 0 Å². The summed E-state index contributed by atoms with van der Waals surface area (Å²) in [6.45, 7) is 7.52. The van der Waals surface area contributed by atoms with Gasteiger partial charge in [-0.15, -0.1) is 0 Å². The number of nitrogens with one attached hydrogen (secondary N) is 2. The number of phenolic OH excluding ortho intramolecular Hbond substituents is 1. The highest BCUT2D eigenvalue weighted by molar-refractivity contribution is 5.73. The van der Waals surface area contributed by atoms with Crippen LogP contribution >= 0.6 is 0 Å². The van der Waals surface area contributed by atoms with Crippen LogP contribution in [0, 0.1) is 5.41 Å². The summed E-state index contributed by atoms with van der Waals surface area (Å²) in [5, 5.41) is 15.0. The Bertz CT molecular complexity index is 411. The Kier molecular flexibility index (Phi) is 5.67. The van der Waals surface area contributed by atoms with Crippen LogP contribution < -0.4 is 10.6 Å². The lowest BCUT2D eigenvalue weighted by Crippen LogP contribution is -2.40. The van der Waals surface area contributed by atoms with E-state index in [1.54, 1.807) is 12.1 Å². The number of phenols is 1. The molecule has 0 unspecified atom stereocenters. The van der Waals surface area contributed by atoms with Crippen molar-refractivity contribution in [3.8, 4) is 5.75 Å². The first-order valence-corrected chi connectivity index (χ1v) is 6.66. The molecule has 0 saturated heterocycles. The largest absolute Gasteiger partial charge is 0.508 e. The number of aryl methyl sites for hydroxylation is 1. The summed E-state index contributed by atoms with van der Waals surface area (Å²) in [6, 6.07) is 7.08. The lowest BCUT2D eigenvalue weighted by Gasteiger charge is -2.18. The van der Waals surface area contributed by atoms with Crippen LogP contribution in [0.2, 0.25) is 0 Å². The number of hydrogen-bond acceptors (Lipinski definition) is 2. The minimum absolute atomic E-state index is 0.0961. The number of urea groups is 1. The van der Waals surface area contributed by atoms with Gasteiger partial charge >= 0.3 is 6.03 Å². The van der Waals surface area contributed by atoms with Crippen molar-refractivity contribution in [2.24, 2.45) is 5.41 Å².